The Hall–Kier alpha value is -1.68. The number of nitrogens with one attached hydrogen (secondary N) is 1. The number of carbonyl (C=O) groups excluding carboxylic acids is 2. The minimum absolute atomic E-state index is 0.00679. The van der Waals surface area contributed by atoms with Gasteiger partial charge in [0, 0.05) is 18.4 Å². The van der Waals surface area contributed by atoms with E-state index in [9.17, 15) is 14.7 Å². The van der Waals surface area contributed by atoms with E-state index in [-0.39, 0.29) is 31.1 Å². The normalized spacial score (nSPS) is 16.3. The Morgan fingerprint density at radius 3 is 2.35 bits per heavy atom. The van der Waals surface area contributed by atoms with Crippen LogP contribution in [0.15, 0.2) is 24.3 Å². The topological polar surface area (TPSA) is 66.4 Å². The summed E-state index contributed by atoms with van der Waals surface area (Å²) in [6.45, 7) is 2.10. The third kappa shape index (κ3) is 4.90. The molecular formula is C19H27NO3. The summed E-state index contributed by atoms with van der Waals surface area (Å²) in [5.74, 6) is -0.149. The lowest BCUT2D eigenvalue weighted by Crippen LogP contribution is -2.49. The van der Waals surface area contributed by atoms with Crippen molar-refractivity contribution in [1.82, 2.24) is 5.32 Å². The first-order valence-corrected chi connectivity index (χ1v) is 8.62. The summed E-state index contributed by atoms with van der Waals surface area (Å²) in [6.07, 6.45) is 6.19. The predicted octanol–water partition coefficient (Wildman–Crippen LogP) is 3.02. The van der Waals surface area contributed by atoms with E-state index in [4.69, 9.17) is 0 Å². The van der Waals surface area contributed by atoms with Crippen LogP contribution >= 0.6 is 0 Å². The maximum Gasteiger partial charge on any atom is 0.220 e. The van der Waals surface area contributed by atoms with Crippen molar-refractivity contribution < 1.29 is 14.7 Å². The highest BCUT2D eigenvalue weighted by Crippen LogP contribution is 2.29. The van der Waals surface area contributed by atoms with Gasteiger partial charge in [0.2, 0.25) is 5.91 Å². The zero-order chi connectivity index (χ0) is 16.7. The third-order valence-corrected chi connectivity index (χ3v) is 4.66. The molecule has 2 N–H and O–H groups in total. The average Bonchev–Trinajstić information content (AvgIpc) is 3.02. The lowest BCUT2D eigenvalue weighted by molar-refractivity contribution is -0.123. The van der Waals surface area contributed by atoms with Crippen LogP contribution in [0.1, 0.15) is 67.8 Å². The van der Waals surface area contributed by atoms with Gasteiger partial charge in [-0.05, 0) is 24.8 Å². The summed E-state index contributed by atoms with van der Waals surface area (Å²) in [6, 6.07) is 7.65. The minimum Gasteiger partial charge on any atom is -0.394 e. The second kappa shape index (κ2) is 8.25. The van der Waals surface area contributed by atoms with Gasteiger partial charge in [0.15, 0.2) is 5.78 Å². The van der Waals surface area contributed by atoms with Gasteiger partial charge in [-0.15, -0.1) is 0 Å². The molecule has 0 unspecified atom stereocenters. The molecule has 1 fully saturated rings. The molecule has 0 aromatic heterocycles. The molecule has 0 spiro atoms. The molecule has 23 heavy (non-hydrogen) atoms. The van der Waals surface area contributed by atoms with Gasteiger partial charge in [-0.1, -0.05) is 50.5 Å². The van der Waals surface area contributed by atoms with Crippen molar-refractivity contribution in [3.63, 3.8) is 0 Å². The molecule has 1 aliphatic rings. The first-order valence-electron chi connectivity index (χ1n) is 8.62. The van der Waals surface area contributed by atoms with E-state index in [0.717, 1.165) is 38.5 Å². The summed E-state index contributed by atoms with van der Waals surface area (Å²) in [7, 11) is 0. The smallest absolute Gasteiger partial charge is 0.220 e. The van der Waals surface area contributed by atoms with Gasteiger partial charge in [-0.3, -0.25) is 9.59 Å². The lowest BCUT2D eigenvalue weighted by Gasteiger charge is -2.27. The van der Waals surface area contributed by atoms with Crippen LogP contribution in [-0.4, -0.2) is 28.9 Å². The number of rotatable bonds is 8. The van der Waals surface area contributed by atoms with E-state index < -0.39 is 5.54 Å². The highest BCUT2D eigenvalue weighted by atomic mass is 16.3. The number of Topliss-reactive ketones (excluding diaryl/α,β-unsaturated/α-hetero) is 1. The standard InChI is InChI=1S/C19H27NO3/c1-2-5-15-6-8-16(9-7-15)17(22)10-11-18(23)20-19(14-21)12-3-4-13-19/h6-9,21H,2-5,10-14H2,1H3,(H,20,23). The summed E-state index contributed by atoms with van der Waals surface area (Å²) < 4.78 is 0. The molecule has 0 heterocycles. The molecule has 0 saturated heterocycles. The Kier molecular flexibility index (Phi) is 6.34. The monoisotopic (exact) mass is 317 g/mol. The number of hydrogen-bond acceptors (Lipinski definition) is 3. The molecule has 1 saturated carbocycles. The molecule has 126 valence electrons. The van der Waals surface area contributed by atoms with Crippen LogP contribution in [0.25, 0.3) is 0 Å². The molecule has 4 heteroatoms. The fraction of sp³-hybridized carbons (Fsp3) is 0.579. The molecule has 0 aliphatic heterocycles. The fourth-order valence-electron chi connectivity index (χ4n) is 3.25. The molecule has 1 amide bonds. The van der Waals surface area contributed by atoms with E-state index in [0.29, 0.717) is 5.56 Å². The predicted molar refractivity (Wildman–Crippen MR) is 90.4 cm³/mol. The lowest BCUT2D eigenvalue weighted by atomic mass is 9.98. The Bertz CT molecular complexity index is 530. The van der Waals surface area contributed by atoms with Crippen LogP contribution in [0.5, 0.6) is 0 Å². The van der Waals surface area contributed by atoms with Crippen molar-refractivity contribution >= 4 is 11.7 Å². The first-order chi connectivity index (χ1) is 11.1. The maximum absolute atomic E-state index is 12.2. The SMILES string of the molecule is CCCc1ccc(C(=O)CCC(=O)NC2(CO)CCCC2)cc1. The number of benzene rings is 1. The van der Waals surface area contributed by atoms with Crippen molar-refractivity contribution in [1.29, 1.82) is 0 Å². The van der Waals surface area contributed by atoms with Gasteiger partial charge in [0.1, 0.15) is 0 Å². The van der Waals surface area contributed by atoms with Gasteiger partial charge in [0.05, 0.1) is 12.1 Å². The van der Waals surface area contributed by atoms with Crippen molar-refractivity contribution in [2.24, 2.45) is 0 Å². The van der Waals surface area contributed by atoms with Crippen molar-refractivity contribution in [2.45, 2.75) is 63.8 Å². The van der Waals surface area contributed by atoms with Gasteiger partial charge in [-0.2, -0.15) is 0 Å². The van der Waals surface area contributed by atoms with Gasteiger partial charge >= 0.3 is 0 Å². The van der Waals surface area contributed by atoms with Crippen LogP contribution in [-0.2, 0) is 11.2 Å². The molecule has 1 aliphatic carbocycles. The zero-order valence-electron chi connectivity index (χ0n) is 13.9. The van der Waals surface area contributed by atoms with E-state index in [1.165, 1.54) is 5.56 Å². The van der Waals surface area contributed by atoms with E-state index >= 15 is 0 Å². The third-order valence-electron chi connectivity index (χ3n) is 4.66. The quantitative estimate of drug-likeness (QED) is 0.724. The van der Waals surface area contributed by atoms with Gasteiger partial charge in [0.25, 0.3) is 0 Å². The fourth-order valence-corrected chi connectivity index (χ4v) is 3.25. The molecule has 0 bridgehead atoms. The molecule has 1 aromatic rings. The molecule has 0 atom stereocenters. The van der Waals surface area contributed by atoms with Crippen LogP contribution in [0.2, 0.25) is 0 Å². The van der Waals surface area contributed by atoms with E-state index in [1.807, 2.05) is 24.3 Å². The van der Waals surface area contributed by atoms with Crippen molar-refractivity contribution in [3.8, 4) is 0 Å². The second-order valence-electron chi connectivity index (χ2n) is 6.56. The Morgan fingerprint density at radius 2 is 1.78 bits per heavy atom. The Morgan fingerprint density at radius 1 is 1.13 bits per heavy atom. The number of aliphatic hydroxyl groups is 1. The van der Waals surface area contributed by atoms with Crippen LogP contribution < -0.4 is 5.32 Å². The maximum atomic E-state index is 12.2. The summed E-state index contributed by atoms with van der Waals surface area (Å²) in [4.78, 5) is 24.2. The zero-order valence-corrected chi connectivity index (χ0v) is 13.9. The van der Waals surface area contributed by atoms with Crippen LogP contribution in [0.3, 0.4) is 0 Å². The number of carbonyl (C=O) groups is 2. The summed E-state index contributed by atoms with van der Waals surface area (Å²) in [5, 5.41) is 12.4. The highest BCUT2D eigenvalue weighted by molar-refractivity contribution is 5.98. The van der Waals surface area contributed by atoms with Crippen LogP contribution in [0.4, 0.5) is 0 Å². The Labute approximate surface area is 138 Å². The number of aliphatic hydroxyl groups excluding tert-OH is 1. The number of ketones is 1. The van der Waals surface area contributed by atoms with Crippen molar-refractivity contribution in [3.05, 3.63) is 35.4 Å². The summed E-state index contributed by atoms with van der Waals surface area (Å²) in [5.41, 5.74) is 1.44. The summed E-state index contributed by atoms with van der Waals surface area (Å²) >= 11 is 0. The van der Waals surface area contributed by atoms with Crippen LogP contribution in [0, 0.1) is 0 Å². The Balaban J connectivity index is 1.82. The first kappa shape index (κ1) is 17.7. The number of hydrogen-bond donors (Lipinski definition) is 2. The molecule has 4 nitrogen and oxygen atoms in total. The van der Waals surface area contributed by atoms with Crippen molar-refractivity contribution in [2.75, 3.05) is 6.61 Å². The minimum atomic E-state index is -0.456. The molecular weight excluding hydrogens is 290 g/mol. The average molecular weight is 317 g/mol. The van der Waals surface area contributed by atoms with E-state index in [1.54, 1.807) is 0 Å². The molecule has 1 aromatic carbocycles. The van der Waals surface area contributed by atoms with E-state index in [2.05, 4.69) is 12.2 Å². The number of amides is 1. The highest BCUT2D eigenvalue weighted by Gasteiger charge is 2.34. The van der Waals surface area contributed by atoms with Gasteiger partial charge < -0.3 is 10.4 Å². The molecule has 0 radical (unpaired) electrons. The largest absolute Gasteiger partial charge is 0.394 e. The second-order valence-corrected chi connectivity index (χ2v) is 6.56. The number of aryl methyl sites for hydroxylation is 1. The molecule has 2 rings (SSSR count). The van der Waals surface area contributed by atoms with Gasteiger partial charge in [-0.25, -0.2) is 0 Å².